The molecule has 10 heavy (non-hydrogen) atoms. The zero-order valence-electron chi connectivity index (χ0n) is 6.58. The lowest BCUT2D eigenvalue weighted by atomic mass is 10.3. The second-order valence-electron chi connectivity index (χ2n) is 2.52. The summed E-state index contributed by atoms with van der Waals surface area (Å²) in [7, 11) is 0. The average molecular weight is 142 g/mol. The molecule has 1 unspecified atom stereocenters. The fraction of sp³-hybridized carbons (Fsp3) is 0.857. The van der Waals surface area contributed by atoms with E-state index < -0.39 is 0 Å². The summed E-state index contributed by atoms with van der Waals surface area (Å²) in [5.74, 6) is 0. The molecule has 58 valence electrons. The summed E-state index contributed by atoms with van der Waals surface area (Å²) in [6, 6.07) is 0. The molecule has 0 aromatic carbocycles. The van der Waals surface area contributed by atoms with Crippen LogP contribution in [0.2, 0.25) is 0 Å². The second kappa shape index (κ2) is 3.44. The van der Waals surface area contributed by atoms with E-state index in [4.69, 9.17) is 4.84 Å². The monoisotopic (exact) mass is 142 g/mol. The zero-order chi connectivity index (χ0) is 7.40. The van der Waals surface area contributed by atoms with Gasteiger partial charge in [-0.05, 0) is 13.3 Å². The average Bonchev–Trinajstić information content (AvgIpc) is 2.31. The molecule has 1 aliphatic heterocycles. The molecular formula is C7H14N2O. The minimum absolute atomic E-state index is 0.145. The van der Waals surface area contributed by atoms with Crippen LogP contribution in [0.5, 0.6) is 0 Å². The summed E-state index contributed by atoms with van der Waals surface area (Å²) in [6.07, 6.45) is 4.34. The fourth-order valence-corrected chi connectivity index (χ4v) is 0.911. The Labute approximate surface area is 61.6 Å². The molecule has 0 N–H and O–H groups in total. The number of hydrogen-bond donors (Lipinski definition) is 0. The predicted octanol–water partition coefficient (Wildman–Crippen LogP) is 1.41. The maximum absolute atomic E-state index is 4.96. The number of hydrogen-bond acceptors (Lipinski definition) is 3. The Hall–Kier alpha value is -0.730. The molecule has 3 heteroatoms. The Kier molecular flexibility index (Phi) is 2.54. The first-order chi connectivity index (χ1) is 4.84. The summed E-state index contributed by atoms with van der Waals surface area (Å²) in [5, 5.41) is 3.70. The van der Waals surface area contributed by atoms with E-state index in [0.717, 1.165) is 6.54 Å². The van der Waals surface area contributed by atoms with E-state index in [0.29, 0.717) is 0 Å². The highest BCUT2D eigenvalue weighted by Gasteiger charge is 2.14. The van der Waals surface area contributed by atoms with Gasteiger partial charge in [-0.1, -0.05) is 18.5 Å². The summed E-state index contributed by atoms with van der Waals surface area (Å²) in [4.78, 5) is 7.06. The topological polar surface area (TPSA) is 24.8 Å². The van der Waals surface area contributed by atoms with Crippen LogP contribution in [0.3, 0.4) is 0 Å². The van der Waals surface area contributed by atoms with Crippen LogP contribution in [-0.4, -0.2) is 24.0 Å². The molecule has 0 spiro atoms. The van der Waals surface area contributed by atoms with E-state index in [2.05, 4.69) is 17.0 Å². The first-order valence-corrected chi connectivity index (χ1v) is 3.79. The summed E-state index contributed by atoms with van der Waals surface area (Å²) >= 11 is 0. The van der Waals surface area contributed by atoms with Gasteiger partial charge < -0.3 is 9.74 Å². The highest BCUT2D eigenvalue weighted by molar-refractivity contribution is 5.55. The molecule has 0 radical (unpaired) electrons. The largest absolute Gasteiger partial charge is 0.369 e. The maximum Gasteiger partial charge on any atom is 0.198 e. The molecule has 1 rings (SSSR count). The Bertz CT molecular complexity index is 125. The Morgan fingerprint density at radius 3 is 3.00 bits per heavy atom. The third-order valence-corrected chi connectivity index (χ3v) is 1.65. The van der Waals surface area contributed by atoms with Gasteiger partial charge in [-0.3, -0.25) is 0 Å². The number of unbranched alkanes of at least 4 members (excludes halogenated alkanes) is 1. The molecule has 0 saturated heterocycles. The molecule has 0 saturated carbocycles. The van der Waals surface area contributed by atoms with Crippen LogP contribution in [-0.2, 0) is 4.84 Å². The van der Waals surface area contributed by atoms with E-state index in [1.807, 2.05) is 6.92 Å². The standard InChI is InChI=1S/C7H14N2O/c1-3-4-5-9-6-8-10-7(9)2/h6-7H,3-5H2,1-2H3. The first kappa shape index (κ1) is 7.38. The number of oxime groups is 1. The molecule has 1 atom stereocenters. The van der Waals surface area contributed by atoms with Crippen molar-refractivity contribution in [1.29, 1.82) is 0 Å². The van der Waals surface area contributed by atoms with Crippen LogP contribution in [0.4, 0.5) is 0 Å². The van der Waals surface area contributed by atoms with Crippen LogP contribution in [0.15, 0.2) is 5.16 Å². The van der Waals surface area contributed by atoms with Crippen molar-refractivity contribution in [2.45, 2.75) is 32.9 Å². The third-order valence-electron chi connectivity index (χ3n) is 1.65. The van der Waals surface area contributed by atoms with E-state index in [-0.39, 0.29) is 6.23 Å². The van der Waals surface area contributed by atoms with Gasteiger partial charge in [-0.25, -0.2) is 0 Å². The molecule has 1 aliphatic rings. The normalized spacial score (nSPS) is 23.4. The van der Waals surface area contributed by atoms with Crippen LogP contribution >= 0.6 is 0 Å². The zero-order valence-corrected chi connectivity index (χ0v) is 6.58. The van der Waals surface area contributed by atoms with Crippen molar-refractivity contribution in [2.75, 3.05) is 6.54 Å². The summed E-state index contributed by atoms with van der Waals surface area (Å²) < 4.78 is 0. The van der Waals surface area contributed by atoms with Crippen molar-refractivity contribution in [3.05, 3.63) is 0 Å². The van der Waals surface area contributed by atoms with Gasteiger partial charge in [-0.2, -0.15) is 0 Å². The van der Waals surface area contributed by atoms with Crippen LogP contribution in [0.1, 0.15) is 26.7 Å². The Balaban J connectivity index is 2.20. The van der Waals surface area contributed by atoms with Gasteiger partial charge in [0.05, 0.1) is 0 Å². The molecule has 3 nitrogen and oxygen atoms in total. The van der Waals surface area contributed by atoms with E-state index in [9.17, 15) is 0 Å². The fourth-order valence-electron chi connectivity index (χ4n) is 0.911. The smallest absolute Gasteiger partial charge is 0.198 e. The molecule has 0 fully saturated rings. The minimum Gasteiger partial charge on any atom is -0.369 e. The van der Waals surface area contributed by atoms with Gasteiger partial charge in [0.1, 0.15) is 6.34 Å². The maximum atomic E-state index is 4.96. The van der Waals surface area contributed by atoms with Gasteiger partial charge >= 0.3 is 0 Å². The van der Waals surface area contributed by atoms with Crippen molar-refractivity contribution in [3.63, 3.8) is 0 Å². The van der Waals surface area contributed by atoms with Crippen molar-refractivity contribution in [3.8, 4) is 0 Å². The van der Waals surface area contributed by atoms with Gasteiger partial charge in [0, 0.05) is 6.54 Å². The highest BCUT2D eigenvalue weighted by Crippen LogP contribution is 2.06. The summed E-state index contributed by atoms with van der Waals surface area (Å²) in [6.45, 7) is 5.24. The molecule has 0 amide bonds. The predicted molar refractivity (Wildman–Crippen MR) is 40.7 cm³/mol. The van der Waals surface area contributed by atoms with Crippen LogP contribution in [0, 0.1) is 0 Å². The first-order valence-electron chi connectivity index (χ1n) is 3.79. The third kappa shape index (κ3) is 1.62. The van der Waals surface area contributed by atoms with Gasteiger partial charge in [-0.15, -0.1) is 0 Å². The van der Waals surface area contributed by atoms with Crippen molar-refractivity contribution in [1.82, 2.24) is 4.90 Å². The van der Waals surface area contributed by atoms with E-state index in [1.165, 1.54) is 12.8 Å². The molecule has 0 aromatic heterocycles. The van der Waals surface area contributed by atoms with Gasteiger partial charge in [0.15, 0.2) is 6.23 Å². The number of nitrogens with zero attached hydrogens (tertiary/aromatic N) is 2. The lowest BCUT2D eigenvalue weighted by Crippen LogP contribution is -2.28. The highest BCUT2D eigenvalue weighted by atomic mass is 16.7. The lowest BCUT2D eigenvalue weighted by molar-refractivity contribution is 0.0253. The number of rotatable bonds is 3. The van der Waals surface area contributed by atoms with Crippen LogP contribution < -0.4 is 0 Å². The van der Waals surface area contributed by atoms with Gasteiger partial charge in [0.25, 0.3) is 0 Å². The Morgan fingerprint density at radius 1 is 1.70 bits per heavy atom. The lowest BCUT2D eigenvalue weighted by Gasteiger charge is -2.16. The minimum atomic E-state index is 0.145. The second-order valence-corrected chi connectivity index (χ2v) is 2.52. The van der Waals surface area contributed by atoms with Crippen LogP contribution in [0.25, 0.3) is 0 Å². The van der Waals surface area contributed by atoms with Crippen molar-refractivity contribution >= 4 is 6.34 Å². The van der Waals surface area contributed by atoms with E-state index in [1.54, 1.807) is 6.34 Å². The Morgan fingerprint density at radius 2 is 2.50 bits per heavy atom. The van der Waals surface area contributed by atoms with Gasteiger partial charge in [0.2, 0.25) is 0 Å². The molecular weight excluding hydrogens is 128 g/mol. The molecule has 0 aromatic rings. The van der Waals surface area contributed by atoms with Crippen molar-refractivity contribution in [2.24, 2.45) is 5.16 Å². The molecule has 1 heterocycles. The van der Waals surface area contributed by atoms with E-state index >= 15 is 0 Å². The SMILES string of the molecule is CCCCN1C=NOC1C. The summed E-state index contributed by atoms with van der Waals surface area (Å²) in [5.41, 5.74) is 0. The quantitative estimate of drug-likeness (QED) is 0.595. The van der Waals surface area contributed by atoms with Crippen molar-refractivity contribution < 1.29 is 4.84 Å². The molecule has 0 bridgehead atoms. The molecule has 0 aliphatic carbocycles.